The summed E-state index contributed by atoms with van der Waals surface area (Å²) in [7, 11) is 1.72. The van der Waals surface area contributed by atoms with Gasteiger partial charge in [-0.25, -0.2) is 0 Å². The number of benzene rings is 1. The highest BCUT2D eigenvalue weighted by molar-refractivity contribution is 5.29. The molecule has 1 fully saturated rings. The van der Waals surface area contributed by atoms with Gasteiger partial charge in [0, 0.05) is 32.2 Å². The number of methoxy groups -OCH3 is 1. The van der Waals surface area contributed by atoms with Gasteiger partial charge in [0.15, 0.2) is 0 Å². The van der Waals surface area contributed by atoms with E-state index < -0.39 is 0 Å². The summed E-state index contributed by atoms with van der Waals surface area (Å²) in [5.41, 5.74) is 1.42. The lowest BCUT2D eigenvalue weighted by atomic mass is 9.95. The van der Waals surface area contributed by atoms with Crippen LogP contribution in [0.5, 0.6) is 5.75 Å². The summed E-state index contributed by atoms with van der Waals surface area (Å²) >= 11 is 0. The van der Waals surface area contributed by atoms with E-state index in [1.165, 1.54) is 18.4 Å². The van der Waals surface area contributed by atoms with Crippen molar-refractivity contribution < 1.29 is 4.74 Å². The second kappa shape index (κ2) is 7.65. The van der Waals surface area contributed by atoms with Gasteiger partial charge in [-0.3, -0.25) is 4.90 Å². The van der Waals surface area contributed by atoms with Crippen molar-refractivity contribution in [1.82, 2.24) is 10.2 Å². The van der Waals surface area contributed by atoms with Gasteiger partial charge < -0.3 is 10.1 Å². The zero-order chi connectivity index (χ0) is 14.4. The van der Waals surface area contributed by atoms with Crippen LogP contribution in [0.1, 0.15) is 38.3 Å². The first-order valence-electron chi connectivity index (χ1n) is 7.79. The lowest BCUT2D eigenvalue weighted by molar-refractivity contribution is 0.159. The van der Waals surface area contributed by atoms with E-state index in [0.717, 1.165) is 37.8 Å². The van der Waals surface area contributed by atoms with Gasteiger partial charge in [-0.15, -0.1) is 0 Å². The quantitative estimate of drug-likeness (QED) is 0.864. The average Bonchev–Trinajstić information content (AvgIpc) is 2.49. The highest BCUT2D eigenvalue weighted by Crippen LogP contribution is 2.29. The van der Waals surface area contributed by atoms with E-state index in [1.807, 2.05) is 0 Å². The van der Waals surface area contributed by atoms with Crippen LogP contribution in [0.15, 0.2) is 24.3 Å². The van der Waals surface area contributed by atoms with Gasteiger partial charge in [-0.05, 0) is 36.5 Å². The Hall–Kier alpha value is -1.06. The molecule has 20 heavy (non-hydrogen) atoms. The molecule has 0 spiro atoms. The maximum Gasteiger partial charge on any atom is 0.118 e. The van der Waals surface area contributed by atoms with Gasteiger partial charge in [0.1, 0.15) is 5.75 Å². The highest BCUT2D eigenvalue weighted by Gasteiger charge is 2.22. The molecule has 0 aliphatic carbocycles. The molecule has 2 rings (SSSR count). The molecule has 3 heteroatoms. The van der Waals surface area contributed by atoms with Gasteiger partial charge >= 0.3 is 0 Å². The van der Waals surface area contributed by atoms with E-state index in [9.17, 15) is 0 Å². The van der Waals surface area contributed by atoms with Gasteiger partial charge in [0.05, 0.1) is 7.11 Å². The minimum absolute atomic E-state index is 0.547. The van der Waals surface area contributed by atoms with Crippen molar-refractivity contribution in [2.24, 2.45) is 5.92 Å². The highest BCUT2D eigenvalue weighted by atomic mass is 16.5. The maximum atomic E-state index is 5.27. The van der Waals surface area contributed by atoms with Crippen molar-refractivity contribution in [3.8, 4) is 5.75 Å². The van der Waals surface area contributed by atoms with Gasteiger partial charge in [0.25, 0.3) is 0 Å². The van der Waals surface area contributed by atoms with Crippen LogP contribution in [0.3, 0.4) is 0 Å². The fraction of sp³-hybridized carbons (Fsp3) is 0.647. The van der Waals surface area contributed by atoms with Crippen LogP contribution in [0, 0.1) is 5.92 Å². The molecule has 1 N–H and O–H groups in total. The maximum absolute atomic E-state index is 5.27. The topological polar surface area (TPSA) is 24.5 Å². The Balaban J connectivity index is 2.10. The lowest BCUT2D eigenvalue weighted by Gasteiger charge is -2.35. The van der Waals surface area contributed by atoms with Crippen molar-refractivity contribution in [3.05, 3.63) is 29.8 Å². The van der Waals surface area contributed by atoms with E-state index in [-0.39, 0.29) is 0 Å². The number of nitrogens with zero attached hydrogens (tertiary/aromatic N) is 1. The Kier molecular flexibility index (Phi) is 5.86. The standard InChI is InChI=1S/C17H28N2O/c1-14(2)4-9-17(19-12-10-18-11-13-19)15-5-7-16(20-3)8-6-15/h5-8,14,17-18H,4,9-13H2,1-3H3/t17-/m1/s1. The Morgan fingerprint density at radius 3 is 2.30 bits per heavy atom. The van der Waals surface area contributed by atoms with Crippen molar-refractivity contribution in [3.63, 3.8) is 0 Å². The zero-order valence-corrected chi connectivity index (χ0v) is 13.1. The SMILES string of the molecule is COc1ccc([C@@H](CCC(C)C)N2CCNCC2)cc1. The normalized spacial score (nSPS) is 18.2. The van der Waals surface area contributed by atoms with Crippen LogP contribution in [-0.4, -0.2) is 38.2 Å². The molecule has 0 saturated carbocycles. The average molecular weight is 276 g/mol. The van der Waals surface area contributed by atoms with Crippen molar-refractivity contribution >= 4 is 0 Å². The number of ether oxygens (including phenoxy) is 1. The summed E-state index contributed by atoms with van der Waals surface area (Å²) in [6.45, 7) is 9.12. The Morgan fingerprint density at radius 2 is 1.75 bits per heavy atom. The third-order valence-corrected chi connectivity index (χ3v) is 4.11. The minimum Gasteiger partial charge on any atom is -0.497 e. The second-order valence-corrected chi connectivity index (χ2v) is 6.05. The molecule has 0 aromatic heterocycles. The number of hydrogen-bond acceptors (Lipinski definition) is 3. The summed E-state index contributed by atoms with van der Waals surface area (Å²) < 4.78 is 5.27. The molecular formula is C17H28N2O. The molecule has 0 bridgehead atoms. The summed E-state index contributed by atoms with van der Waals surface area (Å²) in [4.78, 5) is 2.63. The van der Waals surface area contributed by atoms with Crippen LogP contribution in [0.2, 0.25) is 0 Å². The van der Waals surface area contributed by atoms with Crippen LogP contribution < -0.4 is 10.1 Å². The minimum atomic E-state index is 0.547. The van der Waals surface area contributed by atoms with Crippen molar-refractivity contribution in [2.75, 3.05) is 33.3 Å². The molecule has 0 amide bonds. The number of hydrogen-bond donors (Lipinski definition) is 1. The van der Waals surface area contributed by atoms with Gasteiger partial charge in [-0.2, -0.15) is 0 Å². The first kappa shape index (κ1) is 15.3. The summed E-state index contributed by atoms with van der Waals surface area (Å²) in [5.74, 6) is 1.70. The molecule has 1 aromatic carbocycles. The fourth-order valence-electron chi connectivity index (χ4n) is 2.87. The molecule has 0 radical (unpaired) electrons. The zero-order valence-electron chi connectivity index (χ0n) is 13.1. The van der Waals surface area contributed by atoms with Crippen LogP contribution in [0.25, 0.3) is 0 Å². The van der Waals surface area contributed by atoms with Crippen molar-refractivity contribution in [2.45, 2.75) is 32.7 Å². The first-order valence-corrected chi connectivity index (χ1v) is 7.79. The van der Waals surface area contributed by atoms with E-state index in [1.54, 1.807) is 7.11 Å². The summed E-state index contributed by atoms with van der Waals surface area (Å²) in [6, 6.07) is 9.17. The van der Waals surface area contributed by atoms with E-state index in [2.05, 4.69) is 48.3 Å². The van der Waals surface area contributed by atoms with Crippen molar-refractivity contribution in [1.29, 1.82) is 0 Å². The molecule has 1 aliphatic heterocycles. The summed E-state index contributed by atoms with van der Waals surface area (Å²) in [6.07, 6.45) is 2.52. The third-order valence-electron chi connectivity index (χ3n) is 4.11. The molecule has 112 valence electrons. The Labute approximate surface area is 123 Å². The molecule has 1 atom stereocenters. The van der Waals surface area contributed by atoms with Crippen LogP contribution in [-0.2, 0) is 0 Å². The fourth-order valence-corrected chi connectivity index (χ4v) is 2.87. The van der Waals surface area contributed by atoms with Gasteiger partial charge in [-0.1, -0.05) is 26.0 Å². The second-order valence-electron chi connectivity index (χ2n) is 6.05. The monoisotopic (exact) mass is 276 g/mol. The Bertz CT molecular complexity index is 382. The van der Waals surface area contributed by atoms with E-state index >= 15 is 0 Å². The number of piperazine rings is 1. The number of nitrogens with one attached hydrogen (secondary N) is 1. The predicted molar refractivity (Wildman–Crippen MR) is 84.2 cm³/mol. The molecule has 1 heterocycles. The molecule has 3 nitrogen and oxygen atoms in total. The molecule has 1 aliphatic rings. The predicted octanol–water partition coefficient (Wildman–Crippen LogP) is 3.08. The first-order chi connectivity index (χ1) is 9.70. The molecular weight excluding hydrogens is 248 g/mol. The van der Waals surface area contributed by atoms with E-state index in [4.69, 9.17) is 4.74 Å². The van der Waals surface area contributed by atoms with E-state index in [0.29, 0.717) is 6.04 Å². The molecule has 1 aromatic rings. The third kappa shape index (κ3) is 4.22. The lowest BCUT2D eigenvalue weighted by Crippen LogP contribution is -2.45. The molecule has 1 saturated heterocycles. The van der Waals surface area contributed by atoms with Crippen LogP contribution in [0.4, 0.5) is 0 Å². The molecule has 0 unspecified atom stereocenters. The Morgan fingerprint density at radius 1 is 1.10 bits per heavy atom. The summed E-state index contributed by atoms with van der Waals surface area (Å²) in [5, 5.41) is 3.44. The largest absolute Gasteiger partial charge is 0.497 e. The number of rotatable bonds is 6. The smallest absolute Gasteiger partial charge is 0.118 e. The van der Waals surface area contributed by atoms with Crippen LogP contribution >= 0.6 is 0 Å². The van der Waals surface area contributed by atoms with Gasteiger partial charge in [0.2, 0.25) is 0 Å².